The highest BCUT2D eigenvalue weighted by molar-refractivity contribution is 5.81. The van der Waals surface area contributed by atoms with Gasteiger partial charge in [0.15, 0.2) is 17.6 Å². The maximum atomic E-state index is 12.6. The molecule has 1 N–H and O–H groups in total. The smallest absolute Gasteiger partial charge is 0.261 e. The first-order valence-corrected chi connectivity index (χ1v) is 9.88. The molecule has 2 rings (SSSR count). The standard InChI is InChI=1S/C23H31NO4/c1-6-19(28-20-11-9-16(4)13-17(20)5)23(25)24-15-18-10-12-21(26-7-2)22(14-18)27-8-3/h9-14,19H,6-8,15H2,1-5H3,(H,24,25)/t19-/m0/s1. The highest BCUT2D eigenvalue weighted by Gasteiger charge is 2.19. The number of nitrogens with one attached hydrogen (secondary N) is 1. The summed E-state index contributed by atoms with van der Waals surface area (Å²) in [6, 6.07) is 11.7. The zero-order chi connectivity index (χ0) is 20.5. The molecule has 2 aromatic rings. The van der Waals surface area contributed by atoms with Gasteiger partial charge in [-0.25, -0.2) is 0 Å². The molecule has 28 heavy (non-hydrogen) atoms. The van der Waals surface area contributed by atoms with Gasteiger partial charge in [-0.1, -0.05) is 30.7 Å². The highest BCUT2D eigenvalue weighted by atomic mass is 16.5. The lowest BCUT2D eigenvalue weighted by molar-refractivity contribution is -0.128. The van der Waals surface area contributed by atoms with E-state index in [1.165, 1.54) is 5.56 Å². The van der Waals surface area contributed by atoms with Crippen LogP contribution in [-0.4, -0.2) is 25.2 Å². The third kappa shape index (κ3) is 5.91. The molecule has 0 fully saturated rings. The van der Waals surface area contributed by atoms with E-state index in [1.54, 1.807) is 0 Å². The predicted molar refractivity (Wildman–Crippen MR) is 111 cm³/mol. The number of hydrogen-bond donors (Lipinski definition) is 1. The van der Waals surface area contributed by atoms with Crippen LogP contribution in [0.1, 0.15) is 43.9 Å². The van der Waals surface area contributed by atoms with E-state index in [2.05, 4.69) is 11.4 Å². The molecule has 152 valence electrons. The van der Waals surface area contributed by atoms with Gasteiger partial charge in [0, 0.05) is 6.54 Å². The van der Waals surface area contributed by atoms with Gasteiger partial charge in [0.2, 0.25) is 0 Å². The summed E-state index contributed by atoms with van der Waals surface area (Å²) in [6.07, 6.45) is 0.0579. The summed E-state index contributed by atoms with van der Waals surface area (Å²) in [5, 5.41) is 2.96. The van der Waals surface area contributed by atoms with Crippen LogP contribution in [0.15, 0.2) is 36.4 Å². The molecule has 0 aliphatic rings. The van der Waals surface area contributed by atoms with Gasteiger partial charge >= 0.3 is 0 Å². The Morgan fingerprint density at radius 2 is 1.61 bits per heavy atom. The van der Waals surface area contributed by atoms with Crippen molar-refractivity contribution in [2.45, 2.75) is 53.7 Å². The fourth-order valence-electron chi connectivity index (χ4n) is 2.92. The Morgan fingerprint density at radius 3 is 2.25 bits per heavy atom. The number of hydrogen-bond acceptors (Lipinski definition) is 4. The molecular weight excluding hydrogens is 354 g/mol. The molecule has 0 saturated heterocycles. The largest absolute Gasteiger partial charge is 0.490 e. The number of rotatable bonds is 10. The molecule has 5 nitrogen and oxygen atoms in total. The summed E-state index contributed by atoms with van der Waals surface area (Å²) in [4.78, 5) is 12.6. The van der Waals surface area contributed by atoms with Gasteiger partial charge in [-0.05, 0) is 63.4 Å². The average Bonchev–Trinajstić information content (AvgIpc) is 2.67. The molecule has 0 aliphatic carbocycles. The van der Waals surface area contributed by atoms with E-state index in [9.17, 15) is 4.79 Å². The summed E-state index contributed by atoms with van der Waals surface area (Å²) in [6.45, 7) is 11.4. The summed E-state index contributed by atoms with van der Waals surface area (Å²) in [7, 11) is 0. The van der Waals surface area contributed by atoms with Crippen LogP contribution in [0.2, 0.25) is 0 Å². The summed E-state index contributed by atoms with van der Waals surface area (Å²) in [5.74, 6) is 2.01. The second kappa shape index (κ2) is 10.6. The number of benzene rings is 2. The fourth-order valence-corrected chi connectivity index (χ4v) is 2.92. The normalized spacial score (nSPS) is 11.6. The Balaban J connectivity index is 2.01. The number of carbonyl (C=O) groups is 1. The maximum absolute atomic E-state index is 12.6. The van der Waals surface area contributed by atoms with Crippen molar-refractivity contribution in [3.63, 3.8) is 0 Å². The second-order valence-electron chi connectivity index (χ2n) is 6.65. The lowest BCUT2D eigenvalue weighted by Gasteiger charge is -2.19. The minimum absolute atomic E-state index is 0.130. The molecular formula is C23H31NO4. The number of ether oxygens (including phenoxy) is 3. The van der Waals surface area contributed by atoms with Gasteiger partial charge in [0.05, 0.1) is 13.2 Å². The van der Waals surface area contributed by atoms with E-state index in [0.717, 1.165) is 16.9 Å². The SMILES string of the molecule is CCOc1ccc(CNC(=O)[C@H](CC)Oc2ccc(C)cc2C)cc1OCC. The van der Waals surface area contributed by atoms with Crippen LogP contribution in [-0.2, 0) is 11.3 Å². The van der Waals surface area contributed by atoms with E-state index in [1.807, 2.05) is 65.0 Å². The molecule has 0 aliphatic heterocycles. The van der Waals surface area contributed by atoms with Gasteiger partial charge in [0.1, 0.15) is 5.75 Å². The summed E-state index contributed by atoms with van der Waals surface area (Å²) >= 11 is 0. The van der Waals surface area contributed by atoms with Crippen LogP contribution in [0.3, 0.4) is 0 Å². The van der Waals surface area contributed by atoms with Crippen LogP contribution in [0.4, 0.5) is 0 Å². The quantitative estimate of drug-likeness (QED) is 0.651. The van der Waals surface area contributed by atoms with Crippen molar-refractivity contribution in [2.24, 2.45) is 0 Å². The Labute approximate surface area is 168 Å². The molecule has 1 amide bonds. The van der Waals surface area contributed by atoms with E-state index >= 15 is 0 Å². The van der Waals surface area contributed by atoms with Crippen LogP contribution in [0.25, 0.3) is 0 Å². The van der Waals surface area contributed by atoms with E-state index < -0.39 is 6.10 Å². The van der Waals surface area contributed by atoms with E-state index in [0.29, 0.717) is 37.7 Å². The Kier molecular flexibility index (Phi) is 8.18. The highest BCUT2D eigenvalue weighted by Crippen LogP contribution is 2.28. The van der Waals surface area contributed by atoms with Gasteiger partial charge in [-0.3, -0.25) is 4.79 Å². The zero-order valence-electron chi connectivity index (χ0n) is 17.5. The molecule has 0 unspecified atom stereocenters. The molecule has 0 radical (unpaired) electrons. The summed E-state index contributed by atoms with van der Waals surface area (Å²) < 4.78 is 17.2. The fraction of sp³-hybridized carbons (Fsp3) is 0.435. The Hall–Kier alpha value is -2.69. The van der Waals surface area contributed by atoms with Crippen molar-refractivity contribution < 1.29 is 19.0 Å². The van der Waals surface area contributed by atoms with Gasteiger partial charge in [-0.2, -0.15) is 0 Å². The lowest BCUT2D eigenvalue weighted by Crippen LogP contribution is -2.37. The molecule has 0 saturated carbocycles. The Bertz CT molecular complexity index is 788. The van der Waals surface area contributed by atoms with Gasteiger partial charge in [-0.15, -0.1) is 0 Å². The van der Waals surface area contributed by atoms with Crippen LogP contribution in [0, 0.1) is 13.8 Å². The second-order valence-corrected chi connectivity index (χ2v) is 6.65. The molecule has 0 spiro atoms. The van der Waals surface area contributed by atoms with Crippen molar-refractivity contribution in [2.75, 3.05) is 13.2 Å². The van der Waals surface area contributed by atoms with Crippen molar-refractivity contribution in [3.05, 3.63) is 53.1 Å². The van der Waals surface area contributed by atoms with Crippen LogP contribution >= 0.6 is 0 Å². The van der Waals surface area contributed by atoms with Gasteiger partial charge < -0.3 is 19.5 Å². The molecule has 1 atom stereocenters. The predicted octanol–water partition coefficient (Wildman–Crippen LogP) is 4.57. The first-order chi connectivity index (χ1) is 13.5. The average molecular weight is 386 g/mol. The lowest BCUT2D eigenvalue weighted by atomic mass is 10.1. The molecule has 0 heterocycles. The van der Waals surface area contributed by atoms with Crippen molar-refractivity contribution in [1.82, 2.24) is 5.32 Å². The van der Waals surface area contributed by atoms with E-state index in [-0.39, 0.29) is 5.91 Å². The van der Waals surface area contributed by atoms with Crippen LogP contribution in [0.5, 0.6) is 17.2 Å². The minimum atomic E-state index is -0.532. The van der Waals surface area contributed by atoms with Crippen molar-refractivity contribution in [1.29, 1.82) is 0 Å². The third-order valence-electron chi connectivity index (χ3n) is 4.34. The van der Waals surface area contributed by atoms with Crippen LogP contribution < -0.4 is 19.5 Å². The maximum Gasteiger partial charge on any atom is 0.261 e. The van der Waals surface area contributed by atoms with Crippen molar-refractivity contribution in [3.8, 4) is 17.2 Å². The summed E-state index contributed by atoms with van der Waals surface area (Å²) in [5.41, 5.74) is 3.14. The minimum Gasteiger partial charge on any atom is -0.490 e. The first kappa shape index (κ1) is 21.6. The number of carbonyl (C=O) groups excluding carboxylic acids is 1. The Morgan fingerprint density at radius 1 is 0.929 bits per heavy atom. The monoisotopic (exact) mass is 385 g/mol. The molecule has 5 heteroatoms. The van der Waals surface area contributed by atoms with E-state index in [4.69, 9.17) is 14.2 Å². The first-order valence-electron chi connectivity index (χ1n) is 9.88. The third-order valence-corrected chi connectivity index (χ3v) is 4.34. The number of aryl methyl sites for hydroxylation is 2. The molecule has 0 bridgehead atoms. The molecule has 0 aromatic heterocycles. The zero-order valence-corrected chi connectivity index (χ0v) is 17.5. The van der Waals surface area contributed by atoms with Crippen molar-refractivity contribution >= 4 is 5.91 Å². The molecule has 2 aromatic carbocycles. The van der Waals surface area contributed by atoms with Gasteiger partial charge in [0.25, 0.3) is 5.91 Å². The number of amides is 1. The topological polar surface area (TPSA) is 56.8 Å².